The maximum atomic E-state index is 11.2. The van der Waals surface area contributed by atoms with Crippen LogP contribution in [0.3, 0.4) is 0 Å². The van der Waals surface area contributed by atoms with Crippen LogP contribution in [0.15, 0.2) is 12.1 Å². The van der Waals surface area contributed by atoms with Gasteiger partial charge < -0.3 is 19.7 Å². The van der Waals surface area contributed by atoms with Gasteiger partial charge in [-0.2, -0.15) is 0 Å². The Morgan fingerprint density at radius 2 is 1.82 bits per heavy atom. The Bertz CT molecular complexity index is 462. The van der Waals surface area contributed by atoms with Crippen LogP contribution in [-0.2, 0) is 10.2 Å². The number of carbonyl (C=O) groups is 1. The minimum absolute atomic E-state index is 0.0733. The number of methoxy groups -OCH3 is 2. The van der Waals surface area contributed by atoms with E-state index in [1.807, 2.05) is 0 Å². The average molecular weight is 238 g/mol. The van der Waals surface area contributed by atoms with E-state index in [4.69, 9.17) is 9.47 Å². The molecule has 0 spiro atoms. The molecule has 1 aliphatic carbocycles. The van der Waals surface area contributed by atoms with Crippen molar-refractivity contribution in [2.45, 2.75) is 18.3 Å². The summed E-state index contributed by atoms with van der Waals surface area (Å²) in [6.07, 6.45) is 1.12. The summed E-state index contributed by atoms with van der Waals surface area (Å²) in [6, 6.07) is 2.92. The van der Waals surface area contributed by atoms with Gasteiger partial charge in [0.25, 0.3) is 0 Å². The zero-order valence-electron chi connectivity index (χ0n) is 9.69. The highest BCUT2D eigenvalue weighted by Crippen LogP contribution is 2.53. The number of carboxylic acid groups (broad SMARTS) is 1. The Labute approximate surface area is 98.6 Å². The van der Waals surface area contributed by atoms with Gasteiger partial charge >= 0.3 is 5.97 Å². The summed E-state index contributed by atoms with van der Waals surface area (Å²) < 4.78 is 10.1. The molecular formula is C12H14O5. The van der Waals surface area contributed by atoms with Crippen molar-refractivity contribution in [1.29, 1.82) is 0 Å². The van der Waals surface area contributed by atoms with Gasteiger partial charge in [0.2, 0.25) is 0 Å². The standard InChI is InChI=1S/C12H14O5/c1-16-9-6-10(17-2)8(13)5-7(9)12(3-4-12)11(14)15/h5-6,13H,3-4H2,1-2H3,(H,14,15). The molecule has 1 saturated carbocycles. The fourth-order valence-corrected chi connectivity index (χ4v) is 1.98. The SMILES string of the molecule is COc1cc(OC)c(C2(C(=O)O)CC2)cc1O. The molecule has 2 N–H and O–H groups in total. The summed E-state index contributed by atoms with van der Waals surface area (Å²) in [7, 11) is 2.89. The van der Waals surface area contributed by atoms with Crippen LogP contribution in [0.4, 0.5) is 0 Å². The third-order valence-electron chi connectivity index (χ3n) is 3.18. The predicted octanol–water partition coefficient (Wildman–Crippen LogP) is 1.53. The fraction of sp³-hybridized carbons (Fsp3) is 0.417. The molecular weight excluding hydrogens is 224 g/mol. The lowest BCUT2D eigenvalue weighted by Gasteiger charge is -2.16. The maximum absolute atomic E-state index is 11.2. The number of aromatic hydroxyl groups is 1. The van der Waals surface area contributed by atoms with E-state index < -0.39 is 11.4 Å². The third-order valence-corrected chi connectivity index (χ3v) is 3.18. The lowest BCUT2D eigenvalue weighted by molar-refractivity contribution is -0.140. The zero-order chi connectivity index (χ0) is 12.6. The number of carboxylic acids is 1. The van der Waals surface area contributed by atoms with Crippen LogP contribution in [0.1, 0.15) is 18.4 Å². The van der Waals surface area contributed by atoms with E-state index in [-0.39, 0.29) is 11.5 Å². The van der Waals surface area contributed by atoms with Crippen LogP contribution in [0, 0.1) is 0 Å². The monoisotopic (exact) mass is 238 g/mol. The van der Waals surface area contributed by atoms with Crippen LogP contribution >= 0.6 is 0 Å². The van der Waals surface area contributed by atoms with E-state index in [2.05, 4.69) is 0 Å². The number of rotatable bonds is 4. The normalized spacial score (nSPS) is 16.4. The molecule has 5 nitrogen and oxygen atoms in total. The second-order valence-electron chi connectivity index (χ2n) is 4.11. The topological polar surface area (TPSA) is 76.0 Å². The van der Waals surface area contributed by atoms with Crippen molar-refractivity contribution in [2.24, 2.45) is 0 Å². The van der Waals surface area contributed by atoms with Crippen LogP contribution in [0.5, 0.6) is 17.2 Å². The summed E-state index contributed by atoms with van der Waals surface area (Å²) in [5.74, 6) is -0.262. The molecule has 0 aromatic heterocycles. The molecule has 1 fully saturated rings. The van der Waals surface area contributed by atoms with Gasteiger partial charge in [0.1, 0.15) is 5.75 Å². The highest BCUT2D eigenvalue weighted by molar-refractivity contribution is 5.86. The van der Waals surface area contributed by atoms with Crippen molar-refractivity contribution in [3.05, 3.63) is 17.7 Å². The number of aliphatic carboxylic acids is 1. The van der Waals surface area contributed by atoms with Crippen LogP contribution in [-0.4, -0.2) is 30.4 Å². The van der Waals surface area contributed by atoms with Gasteiger partial charge in [-0.15, -0.1) is 0 Å². The molecule has 92 valence electrons. The van der Waals surface area contributed by atoms with Gasteiger partial charge in [-0.3, -0.25) is 4.79 Å². The summed E-state index contributed by atoms with van der Waals surface area (Å²) in [5, 5.41) is 18.9. The molecule has 0 saturated heterocycles. The number of benzene rings is 1. The Balaban J connectivity index is 2.54. The van der Waals surface area contributed by atoms with E-state index in [0.717, 1.165) is 0 Å². The molecule has 0 amide bonds. The van der Waals surface area contributed by atoms with Crippen molar-refractivity contribution in [2.75, 3.05) is 14.2 Å². The zero-order valence-corrected chi connectivity index (χ0v) is 9.69. The third kappa shape index (κ3) is 1.67. The molecule has 0 aliphatic heterocycles. The van der Waals surface area contributed by atoms with Gasteiger partial charge in [0.15, 0.2) is 11.5 Å². The van der Waals surface area contributed by atoms with Gasteiger partial charge in [0, 0.05) is 11.6 Å². The largest absolute Gasteiger partial charge is 0.504 e. The van der Waals surface area contributed by atoms with Gasteiger partial charge in [-0.25, -0.2) is 0 Å². The number of hydrogen-bond donors (Lipinski definition) is 2. The number of phenols is 1. The molecule has 1 aromatic carbocycles. The quantitative estimate of drug-likeness (QED) is 0.831. The smallest absolute Gasteiger partial charge is 0.314 e. The summed E-state index contributed by atoms with van der Waals surface area (Å²) in [6.45, 7) is 0. The molecule has 1 aliphatic rings. The van der Waals surface area contributed by atoms with E-state index in [1.54, 1.807) is 0 Å². The number of phenolic OH excluding ortho intramolecular Hbond substituents is 1. The first-order valence-electron chi connectivity index (χ1n) is 5.24. The van der Waals surface area contributed by atoms with E-state index >= 15 is 0 Å². The summed E-state index contributed by atoms with van der Waals surface area (Å²) in [5.41, 5.74) is -0.402. The summed E-state index contributed by atoms with van der Waals surface area (Å²) in [4.78, 5) is 11.2. The minimum atomic E-state index is -0.908. The van der Waals surface area contributed by atoms with Crippen LogP contribution in [0.2, 0.25) is 0 Å². The van der Waals surface area contributed by atoms with Crippen molar-refractivity contribution in [1.82, 2.24) is 0 Å². The summed E-state index contributed by atoms with van der Waals surface area (Å²) >= 11 is 0. The molecule has 5 heteroatoms. The molecule has 0 heterocycles. The van der Waals surface area contributed by atoms with E-state index in [0.29, 0.717) is 24.2 Å². The van der Waals surface area contributed by atoms with Crippen molar-refractivity contribution >= 4 is 5.97 Å². The van der Waals surface area contributed by atoms with E-state index in [1.165, 1.54) is 26.4 Å². The Kier molecular flexibility index (Phi) is 2.61. The van der Waals surface area contributed by atoms with Gasteiger partial charge in [-0.05, 0) is 18.9 Å². The first-order valence-corrected chi connectivity index (χ1v) is 5.24. The molecule has 0 bridgehead atoms. The second-order valence-corrected chi connectivity index (χ2v) is 4.11. The first-order chi connectivity index (χ1) is 8.05. The number of hydrogen-bond acceptors (Lipinski definition) is 4. The predicted molar refractivity (Wildman–Crippen MR) is 59.8 cm³/mol. The maximum Gasteiger partial charge on any atom is 0.314 e. The van der Waals surface area contributed by atoms with Gasteiger partial charge in [-0.1, -0.05) is 0 Å². The molecule has 0 radical (unpaired) electrons. The average Bonchev–Trinajstić information content (AvgIpc) is 3.09. The minimum Gasteiger partial charge on any atom is -0.504 e. The Hall–Kier alpha value is -1.91. The molecule has 2 rings (SSSR count). The highest BCUT2D eigenvalue weighted by atomic mass is 16.5. The Morgan fingerprint density at radius 3 is 2.24 bits per heavy atom. The second kappa shape index (κ2) is 3.84. The molecule has 1 aromatic rings. The van der Waals surface area contributed by atoms with Crippen LogP contribution in [0.25, 0.3) is 0 Å². The first kappa shape index (κ1) is 11.6. The van der Waals surface area contributed by atoms with Crippen molar-refractivity contribution in [3.63, 3.8) is 0 Å². The lowest BCUT2D eigenvalue weighted by atomic mass is 9.94. The van der Waals surface area contributed by atoms with Crippen molar-refractivity contribution < 1.29 is 24.5 Å². The molecule has 0 atom stereocenters. The fourth-order valence-electron chi connectivity index (χ4n) is 1.98. The Morgan fingerprint density at radius 1 is 1.24 bits per heavy atom. The van der Waals surface area contributed by atoms with E-state index in [9.17, 15) is 15.0 Å². The highest BCUT2D eigenvalue weighted by Gasteiger charge is 2.53. The lowest BCUT2D eigenvalue weighted by Crippen LogP contribution is -2.20. The van der Waals surface area contributed by atoms with Crippen molar-refractivity contribution in [3.8, 4) is 17.2 Å². The van der Waals surface area contributed by atoms with Gasteiger partial charge in [0.05, 0.1) is 19.6 Å². The molecule has 17 heavy (non-hydrogen) atoms. The number of ether oxygens (including phenoxy) is 2. The van der Waals surface area contributed by atoms with Crippen LogP contribution < -0.4 is 9.47 Å². The molecule has 0 unspecified atom stereocenters.